The number of rotatable bonds is 0. The van der Waals surface area contributed by atoms with E-state index in [4.69, 9.17) is 0 Å². The quantitative estimate of drug-likeness (QED) is 0.384. The molecule has 0 saturated carbocycles. The van der Waals surface area contributed by atoms with Crippen LogP contribution < -0.4 is 0 Å². The summed E-state index contributed by atoms with van der Waals surface area (Å²) in [6, 6.07) is 0. The van der Waals surface area contributed by atoms with Gasteiger partial charge in [0, 0.05) is 0 Å². The molecule has 10 heteroatoms. The van der Waals surface area contributed by atoms with Crippen LogP contribution in [0.3, 0.4) is 0 Å². The molecular weight excluding hydrogens is 469 g/mol. The molecule has 7 nitrogen and oxygen atoms in total. The molecule has 0 aromatic rings. The third-order valence-electron chi connectivity index (χ3n) is 0. The fourth-order valence-corrected chi connectivity index (χ4v) is 0. The Morgan fingerprint density at radius 2 is 0.400 bits per heavy atom. The van der Waals surface area contributed by atoms with E-state index in [2.05, 4.69) is 0 Å². The van der Waals surface area contributed by atoms with Crippen molar-refractivity contribution < 1.29 is 78.0 Å². The van der Waals surface area contributed by atoms with E-state index in [1.54, 1.807) is 0 Å². The largest absolute Gasteiger partial charge is 6.00 e. The van der Waals surface area contributed by atoms with E-state index in [1.807, 2.05) is 0 Å². The molecule has 0 aromatic heterocycles. The van der Waals surface area contributed by atoms with Crippen LogP contribution >= 0.6 is 0 Å². The van der Waals surface area contributed by atoms with Crippen molar-refractivity contribution in [2.45, 2.75) is 0 Å². The van der Waals surface area contributed by atoms with Crippen molar-refractivity contribution in [3.63, 3.8) is 0 Å². The van der Waals surface area contributed by atoms with Crippen molar-refractivity contribution in [3.8, 4) is 0 Å². The van der Waals surface area contributed by atoms with Crippen molar-refractivity contribution in [2.75, 3.05) is 0 Å². The normalized spacial score (nSPS) is 0. The van der Waals surface area contributed by atoms with E-state index < -0.39 is 0 Å². The first-order valence-corrected chi connectivity index (χ1v) is 0. The van der Waals surface area contributed by atoms with Gasteiger partial charge in [0.15, 0.2) is 0 Å². The zero-order chi connectivity index (χ0) is 0. The van der Waals surface area contributed by atoms with Crippen molar-refractivity contribution in [2.24, 2.45) is 0 Å². The molecule has 0 unspecified atom stereocenters. The van der Waals surface area contributed by atoms with E-state index >= 15 is 0 Å². The van der Waals surface area contributed by atoms with E-state index in [0.717, 1.165) is 0 Å². The average Bonchev–Trinajstić information content (AvgIpc) is 0. The Morgan fingerprint density at radius 3 is 0.400 bits per heavy atom. The summed E-state index contributed by atoms with van der Waals surface area (Å²) < 4.78 is 0. The minimum atomic E-state index is 0. The van der Waals surface area contributed by atoms with Gasteiger partial charge in [-0.3, -0.25) is 0 Å². The minimum absolute atomic E-state index is 0. The summed E-state index contributed by atoms with van der Waals surface area (Å²) in [7, 11) is 0. The third kappa shape index (κ3) is 232. The molecule has 0 rings (SSSR count). The Morgan fingerprint density at radius 1 is 0.400 bits per heavy atom. The zero-order valence-electron chi connectivity index (χ0n) is 4.16. The molecule has 0 heterocycles. The van der Waals surface area contributed by atoms with Crippen molar-refractivity contribution in [3.05, 3.63) is 0 Å². The van der Waals surface area contributed by atoms with Gasteiger partial charge in [-0.2, -0.15) is 0 Å². The van der Waals surface area contributed by atoms with Crippen LogP contribution in [0.15, 0.2) is 0 Å². The first kappa shape index (κ1) is 421. The third-order valence-corrected chi connectivity index (χ3v) is 0. The molecule has 0 saturated heterocycles. The van der Waals surface area contributed by atoms with Crippen LogP contribution in [0, 0.1) is 0 Å². The molecular formula is O7SbVW. The van der Waals surface area contributed by atoms with E-state index in [1.165, 1.54) is 0 Å². The van der Waals surface area contributed by atoms with Crippen LogP contribution in [-0.2, 0) is 78.0 Å². The second-order valence-electron chi connectivity index (χ2n) is 0. The van der Waals surface area contributed by atoms with Gasteiger partial charge in [-0.1, -0.05) is 0 Å². The van der Waals surface area contributed by atoms with Crippen molar-refractivity contribution in [1.29, 1.82) is 0 Å². The summed E-state index contributed by atoms with van der Waals surface area (Å²) in [5.41, 5.74) is 0. The average molecular weight is 469 g/mol. The second-order valence-corrected chi connectivity index (χ2v) is 0. The van der Waals surface area contributed by atoms with Crippen LogP contribution in [0.4, 0.5) is 0 Å². The first-order valence-electron chi connectivity index (χ1n) is 0. The van der Waals surface area contributed by atoms with Gasteiger partial charge in [0.1, 0.15) is 0 Å². The Bertz CT molecular complexity index is 13.6. The molecule has 0 aliphatic rings. The van der Waals surface area contributed by atoms with Gasteiger partial charge >= 0.3 is 64.0 Å². The summed E-state index contributed by atoms with van der Waals surface area (Å²) in [5, 5.41) is 0. The van der Waals surface area contributed by atoms with E-state index in [9.17, 15) is 0 Å². The summed E-state index contributed by atoms with van der Waals surface area (Å²) >= 11 is 0. The molecule has 0 N–H and O–H groups in total. The second kappa shape index (κ2) is 317. The maximum absolute atomic E-state index is 0. The molecule has 0 amide bonds. The Hall–Kier alpha value is 1.81. The summed E-state index contributed by atoms with van der Waals surface area (Å²) in [5.74, 6) is 0. The number of hydrogen-bond acceptors (Lipinski definition) is 0. The fourth-order valence-electron chi connectivity index (χ4n) is 0. The van der Waals surface area contributed by atoms with E-state index in [0.29, 0.717) is 0 Å². The fraction of sp³-hybridized carbons (Fsp3) is 0. The smallest absolute Gasteiger partial charge is 2.00 e. The molecule has 0 aliphatic carbocycles. The van der Waals surface area contributed by atoms with Crippen LogP contribution in [0.5, 0.6) is 0 Å². The van der Waals surface area contributed by atoms with Gasteiger partial charge in [0.05, 0.1) is 0 Å². The number of hydrogen-bond donors (Lipinski definition) is 0. The van der Waals surface area contributed by atoms with Gasteiger partial charge in [0.25, 0.3) is 0 Å². The summed E-state index contributed by atoms with van der Waals surface area (Å²) in [6.07, 6.45) is 0. The SMILES string of the molecule is [O-2].[O-2].[O-2].[O-2].[O-2].[O-2].[O-2].[Sb+3].[V+5].[W+6]. The maximum Gasteiger partial charge on any atom is 6.00 e. The molecule has 58 valence electrons. The zero-order valence-corrected chi connectivity index (χ0v) is 11.0. The van der Waals surface area contributed by atoms with Gasteiger partial charge in [-0.15, -0.1) is 0 Å². The molecule has 2 radical (unpaired) electrons. The topological polar surface area (TPSA) is 200 Å². The van der Waals surface area contributed by atoms with Crippen LogP contribution in [0.2, 0.25) is 0 Å². The first-order chi connectivity index (χ1) is 0. The predicted molar refractivity (Wildman–Crippen MR) is 10.6 cm³/mol. The summed E-state index contributed by atoms with van der Waals surface area (Å²) in [6.45, 7) is 0. The van der Waals surface area contributed by atoms with Crippen molar-refractivity contribution >= 4 is 24.4 Å². The van der Waals surface area contributed by atoms with Gasteiger partial charge < -0.3 is 38.3 Å². The molecule has 0 atom stereocenters. The van der Waals surface area contributed by atoms with E-state index in [-0.39, 0.29) is 102 Å². The maximum atomic E-state index is 0. The van der Waals surface area contributed by atoms with Crippen LogP contribution in [0.25, 0.3) is 0 Å². The predicted octanol–water partition coefficient (Wildman–Crippen LogP) is -1.22. The molecule has 0 fully saturated rings. The molecule has 0 bridgehead atoms. The van der Waals surface area contributed by atoms with Gasteiger partial charge in [-0.25, -0.2) is 0 Å². The molecule has 0 aromatic carbocycles. The Labute approximate surface area is 102 Å². The Kier molecular flexibility index (Phi) is 13400. The van der Waals surface area contributed by atoms with Gasteiger partial charge in [-0.05, 0) is 0 Å². The summed E-state index contributed by atoms with van der Waals surface area (Å²) in [4.78, 5) is 0. The Balaban J connectivity index is 0. The minimum Gasteiger partial charge on any atom is -2.00 e. The standard InChI is InChI=1S/7O.Sb.V.W/q7*-2;+3;+5;+6. The van der Waals surface area contributed by atoms with Crippen molar-refractivity contribution in [1.82, 2.24) is 0 Å². The van der Waals surface area contributed by atoms with Crippen LogP contribution in [0.1, 0.15) is 0 Å². The molecule has 0 aliphatic heterocycles. The monoisotopic (exact) mass is 468 g/mol. The van der Waals surface area contributed by atoms with Crippen LogP contribution in [-0.4, -0.2) is 24.4 Å². The molecule has 0 spiro atoms. The molecule has 10 heavy (non-hydrogen) atoms. The van der Waals surface area contributed by atoms with Gasteiger partial charge in [0.2, 0.25) is 0 Å².